The van der Waals surface area contributed by atoms with E-state index in [9.17, 15) is 14.4 Å². The monoisotopic (exact) mass is 396 g/mol. The Morgan fingerprint density at radius 2 is 1.76 bits per heavy atom. The van der Waals surface area contributed by atoms with Gasteiger partial charge >= 0.3 is 6.03 Å². The van der Waals surface area contributed by atoms with Crippen LogP contribution in [0.4, 0.5) is 4.79 Å². The molecule has 4 amide bonds. The zero-order valence-corrected chi connectivity index (χ0v) is 16.1. The molecule has 1 N–H and O–H groups in total. The number of urea groups is 1. The molecule has 0 radical (unpaired) electrons. The number of furan rings is 1. The minimum Gasteiger partial charge on any atom is -0.467 e. The Morgan fingerprint density at radius 1 is 1.00 bits per heavy atom. The van der Waals surface area contributed by atoms with Crippen molar-refractivity contribution in [3.05, 3.63) is 60.1 Å². The number of nitrogens with zero attached hydrogens (tertiary/aromatic N) is 3. The number of carbonyl (C=O) groups excluding carboxylic acids is 3. The summed E-state index contributed by atoms with van der Waals surface area (Å²) < 4.78 is 5.20. The zero-order chi connectivity index (χ0) is 20.2. The Labute approximate surface area is 169 Å². The lowest BCUT2D eigenvalue weighted by Gasteiger charge is -2.35. The number of rotatable bonds is 6. The second-order valence-corrected chi connectivity index (χ2v) is 7.35. The Kier molecular flexibility index (Phi) is 5.62. The van der Waals surface area contributed by atoms with E-state index >= 15 is 0 Å². The number of hydrogen-bond acceptors (Lipinski definition) is 5. The quantitative estimate of drug-likeness (QED) is 0.747. The van der Waals surface area contributed by atoms with Crippen LogP contribution in [0.2, 0.25) is 0 Å². The van der Waals surface area contributed by atoms with E-state index in [1.165, 1.54) is 11.8 Å². The van der Waals surface area contributed by atoms with Gasteiger partial charge in [0.25, 0.3) is 5.91 Å². The lowest BCUT2D eigenvalue weighted by atomic mass is 10.1. The summed E-state index contributed by atoms with van der Waals surface area (Å²) in [4.78, 5) is 42.5. The first kappa shape index (κ1) is 19.2. The molecule has 2 aromatic rings. The van der Waals surface area contributed by atoms with Gasteiger partial charge in [0.1, 0.15) is 11.8 Å². The van der Waals surface area contributed by atoms with Gasteiger partial charge in [0, 0.05) is 32.7 Å². The minimum absolute atomic E-state index is 0.0160. The molecule has 1 atom stereocenters. The summed E-state index contributed by atoms with van der Waals surface area (Å²) in [5.74, 6) is 0.0281. The van der Waals surface area contributed by atoms with Crippen molar-refractivity contribution >= 4 is 17.8 Å². The average Bonchev–Trinajstić information content (AvgIpc) is 3.33. The molecular formula is C21H24N4O4. The number of nitrogens with one attached hydrogen (secondary N) is 1. The molecule has 1 aromatic carbocycles. The summed E-state index contributed by atoms with van der Waals surface area (Å²) in [6.07, 6.45) is 1.48. The number of carbonyl (C=O) groups is 3. The minimum atomic E-state index is -0.813. The zero-order valence-electron chi connectivity index (χ0n) is 16.1. The van der Waals surface area contributed by atoms with Crippen LogP contribution in [0.1, 0.15) is 17.7 Å². The molecule has 4 rings (SSSR count). The summed E-state index contributed by atoms with van der Waals surface area (Å²) in [7, 11) is 0. The molecular weight excluding hydrogens is 372 g/mol. The molecule has 0 bridgehead atoms. The van der Waals surface area contributed by atoms with E-state index in [4.69, 9.17) is 4.42 Å². The number of benzene rings is 1. The Hall–Kier alpha value is -3.13. The smallest absolute Gasteiger partial charge is 0.325 e. The van der Waals surface area contributed by atoms with Crippen molar-refractivity contribution in [2.24, 2.45) is 0 Å². The van der Waals surface area contributed by atoms with Crippen LogP contribution in [-0.2, 0) is 22.7 Å². The van der Waals surface area contributed by atoms with Gasteiger partial charge in [-0.25, -0.2) is 4.79 Å². The molecule has 0 spiro atoms. The molecule has 152 valence electrons. The highest BCUT2D eigenvalue weighted by Crippen LogP contribution is 2.16. The lowest BCUT2D eigenvalue weighted by Crippen LogP contribution is -2.49. The molecule has 2 aliphatic heterocycles. The lowest BCUT2D eigenvalue weighted by molar-refractivity contribution is -0.137. The van der Waals surface area contributed by atoms with E-state index in [-0.39, 0.29) is 24.8 Å². The number of imide groups is 1. The van der Waals surface area contributed by atoms with Crippen LogP contribution in [-0.4, -0.2) is 64.8 Å². The molecule has 8 nitrogen and oxygen atoms in total. The van der Waals surface area contributed by atoms with E-state index in [2.05, 4.69) is 22.3 Å². The summed E-state index contributed by atoms with van der Waals surface area (Å²) in [5, 5.41) is 2.62. The number of piperazine rings is 1. The van der Waals surface area contributed by atoms with Crippen LogP contribution in [0.15, 0.2) is 53.1 Å². The Balaban J connectivity index is 1.26. The first-order chi connectivity index (χ1) is 14.1. The van der Waals surface area contributed by atoms with Gasteiger partial charge < -0.3 is 14.6 Å². The van der Waals surface area contributed by atoms with Crippen molar-refractivity contribution in [3.63, 3.8) is 0 Å². The first-order valence-corrected chi connectivity index (χ1v) is 9.78. The summed E-state index contributed by atoms with van der Waals surface area (Å²) in [6, 6.07) is 12.3. The highest BCUT2D eigenvalue weighted by molar-refractivity contribution is 6.05. The van der Waals surface area contributed by atoms with E-state index in [1.54, 1.807) is 17.0 Å². The van der Waals surface area contributed by atoms with Crippen molar-refractivity contribution < 1.29 is 18.8 Å². The van der Waals surface area contributed by atoms with E-state index < -0.39 is 12.1 Å². The van der Waals surface area contributed by atoms with Crippen molar-refractivity contribution in [1.29, 1.82) is 0 Å². The van der Waals surface area contributed by atoms with Gasteiger partial charge in [0.2, 0.25) is 5.91 Å². The Morgan fingerprint density at radius 3 is 2.45 bits per heavy atom. The van der Waals surface area contributed by atoms with Crippen molar-refractivity contribution in [2.45, 2.75) is 25.6 Å². The maximum absolute atomic E-state index is 12.7. The van der Waals surface area contributed by atoms with E-state index in [0.717, 1.165) is 24.5 Å². The summed E-state index contributed by atoms with van der Waals surface area (Å²) in [5.41, 5.74) is 1.25. The van der Waals surface area contributed by atoms with Gasteiger partial charge in [-0.15, -0.1) is 0 Å². The molecule has 0 unspecified atom stereocenters. The van der Waals surface area contributed by atoms with Crippen LogP contribution in [0, 0.1) is 0 Å². The van der Waals surface area contributed by atoms with Gasteiger partial charge in [-0.3, -0.25) is 19.4 Å². The van der Waals surface area contributed by atoms with Crippen LogP contribution in [0.25, 0.3) is 0 Å². The van der Waals surface area contributed by atoms with Gasteiger partial charge in [0.05, 0.1) is 19.2 Å². The SMILES string of the molecule is O=C(C[C@@H]1NC(=O)N(Cc2ccco2)C1=O)N1CCN(Cc2ccccc2)CC1. The number of amides is 4. The van der Waals surface area contributed by atoms with Gasteiger partial charge in [-0.2, -0.15) is 0 Å². The third kappa shape index (κ3) is 4.48. The fraction of sp³-hybridized carbons (Fsp3) is 0.381. The van der Waals surface area contributed by atoms with Crippen LogP contribution >= 0.6 is 0 Å². The van der Waals surface area contributed by atoms with Crippen molar-refractivity contribution in [1.82, 2.24) is 20.0 Å². The van der Waals surface area contributed by atoms with Crippen LogP contribution < -0.4 is 5.32 Å². The third-order valence-electron chi connectivity index (χ3n) is 5.35. The maximum Gasteiger partial charge on any atom is 0.325 e. The summed E-state index contributed by atoms with van der Waals surface area (Å²) in [6.45, 7) is 3.75. The topological polar surface area (TPSA) is 86.1 Å². The molecule has 0 saturated carbocycles. The van der Waals surface area contributed by atoms with E-state index in [1.807, 2.05) is 18.2 Å². The highest BCUT2D eigenvalue weighted by atomic mass is 16.3. The van der Waals surface area contributed by atoms with Gasteiger partial charge in [-0.05, 0) is 17.7 Å². The Bertz CT molecular complexity index is 860. The van der Waals surface area contributed by atoms with E-state index in [0.29, 0.717) is 18.8 Å². The second-order valence-electron chi connectivity index (χ2n) is 7.35. The standard InChI is InChI=1S/C21H24N4O4/c26-19(24-10-8-23(9-11-24)14-16-5-2-1-3-6-16)13-18-20(27)25(21(28)22-18)15-17-7-4-12-29-17/h1-7,12,18H,8-11,13-15H2,(H,22,28)/t18-/m0/s1. The predicted octanol–water partition coefficient (Wildman–Crippen LogP) is 1.43. The third-order valence-corrected chi connectivity index (χ3v) is 5.35. The molecule has 2 aliphatic rings. The number of hydrogen-bond donors (Lipinski definition) is 1. The molecule has 29 heavy (non-hydrogen) atoms. The van der Waals surface area contributed by atoms with Crippen molar-refractivity contribution in [3.8, 4) is 0 Å². The van der Waals surface area contributed by atoms with Crippen LogP contribution in [0.3, 0.4) is 0 Å². The highest BCUT2D eigenvalue weighted by Gasteiger charge is 2.40. The predicted molar refractivity (Wildman–Crippen MR) is 104 cm³/mol. The first-order valence-electron chi connectivity index (χ1n) is 9.78. The van der Waals surface area contributed by atoms with Crippen LogP contribution in [0.5, 0.6) is 0 Å². The average molecular weight is 396 g/mol. The molecule has 2 saturated heterocycles. The largest absolute Gasteiger partial charge is 0.467 e. The fourth-order valence-corrected chi connectivity index (χ4v) is 3.72. The van der Waals surface area contributed by atoms with Gasteiger partial charge in [0.15, 0.2) is 0 Å². The van der Waals surface area contributed by atoms with Gasteiger partial charge in [-0.1, -0.05) is 30.3 Å². The molecule has 3 heterocycles. The molecule has 8 heteroatoms. The summed E-state index contributed by atoms with van der Waals surface area (Å²) >= 11 is 0. The second kappa shape index (κ2) is 8.48. The normalized spacial score (nSPS) is 20.2. The molecule has 0 aliphatic carbocycles. The molecule has 2 fully saturated rings. The fourth-order valence-electron chi connectivity index (χ4n) is 3.72. The molecule has 1 aromatic heterocycles. The van der Waals surface area contributed by atoms with Crippen molar-refractivity contribution in [2.75, 3.05) is 26.2 Å². The maximum atomic E-state index is 12.7.